The molecule has 0 amide bonds. The van der Waals surface area contributed by atoms with E-state index >= 15 is 0 Å². The summed E-state index contributed by atoms with van der Waals surface area (Å²) in [5.74, 6) is -0.177. The summed E-state index contributed by atoms with van der Waals surface area (Å²) in [7, 11) is 0. The maximum atomic E-state index is 11.6. The summed E-state index contributed by atoms with van der Waals surface area (Å²) >= 11 is 0. The first kappa shape index (κ1) is 11.9. The van der Waals surface area contributed by atoms with E-state index in [1.54, 1.807) is 31.2 Å². The predicted octanol–water partition coefficient (Wildman–Crippen LogP) is 2.39. The highest BCUT2D eigenvalue weighted by Gasteiger charge is 2.19. The molecule has 5 nitrogen and oxygen atoms in total. The number of nitriles is 1. The summed E-state index contributed by atoms with van der Waals surface area (Å²) in [5, 5.41) is 8.71. The van der Waals surface area contributed by atoms with Crippen molar-refractivity contribution >= 4 is 5.97 Å². The van der Waals surface area contributed by atoms with Crippen LogP contribution in [0.5, 0.6) is 0 Å². The Morgan fingerprint density at radius 1 is 1.44 bits per heavy atom. The van der Waals surface area contributed by atoms with Crippen molar-refractivity contribution in [2.24, 2.45) is 0 Å². The zero-order chi connectivity index (χ0) is 13.0. The third-order valence-corrected chi connectivity index (χ3v) is 2.31. The largest absolute Gasteiger partial charge is 0.461 e. The minimum Gasteiger partial charge on any atom is -0.461 e. The SMILES string of the molecule is CCOC(=O)c1ncoc1-c1ccc(C#N)cc1. The molecule has 0 aliphatic carbocycles. The van der Waals surface area contributed by atoms with Gasteiger partial charge in [0.15, 0.2) is 17.8 Å². The Balaban J connectivity index is 2.36. The predicted molar refractivity (Wildman–Crippen MR) is 62.6 cm³/mol. The molecule has 0 saturated heterocycles. The van der Waals surface area contributed by atoms with E-state index in [1.807, 2.05) is 6.07 Å². The van der Waals surface area contributed by atoms with Gasteiger partial charge in [0.2, 0.25) is 0 Å². The molecule has 90 valence electrons. The zero-order valence-electron chi connectivity index (χ0n) is 9.71. The second-order valence-electron chi connectivity index (χ2n) is 3.44. The summed E-state index contributed by atoms with van der Waals surface area (Å²) in [5.41, 5.74) is 1.35. The third kappa shape index (κ3) is 2.23. The van der Waals surface area contributed by atoms with Crippen LogP contribution in [0.1, 0.15) is 23.0 Å². The van der Waals surface area contributed by atoms with E-state index in [1.165, 1.54) is 6.39 Å². The Morgan fingerprint density at radius 3 is 2.78 bits per heavy atom. The van der Waals surface area contributed by atoms with Crippen LogP contribution in [0.15, 0.2) is 35.1 Å². The van der Waals surface area contributed by atoms with E-state index in [2.05, 4.69) is 4.98 Å². The normalized spacial score (nSPS) is 9.78. The fourth-order valence-electron chi connectivity index (χ4n) is 1.49. The summed E-state index contributed by atoms with van der Waals surface area (Å²) < 4.78 is 10.1. The Bertz CT molecular complexity index is 593. The first-order valence-corrected chi connectivity index (χ1v) is 5.37. The summed E-state index contributed by atoms with van der Waals surface area (Å²) in [6.45, 7) is 2.00. The van der Waals surface area contributed by atoms with Gasteiger partial charge in [-0.1, -0.05) is 0 Å². The lowest BCUT2D eigenvalue weighted by Crippen LogP contribution is -2.06. The molecule has 0 aliphatic rings. The second-order valence-corrected chi connectivity index (χ2v) is 3.44. The number of esters is 1. The molecule has 0 saturated carbocycles. The second kappa shape index (κ2) is 5.15. The number of oxazole rings is 1. The van der Waals surface area contributed by atoms with Crippen molar-refractivity contribution in [2.45, 2.75) is 6.92 Å². The number of carbonyl (C=O) groups excluding carboxylic acids is 1. The first-order valence-electron chi connectivity index (χ1n) is 5.37. The number of rotatable bonds is 3. The van der Waals surface area contributed by atoms with Gasteiger partial charge in [-0.05, 0) is 31.2 Å². The maximum absolute atomic E-state index is 11.6. The number of nitrogens with zero attached hydrogens (tertiary/aromatic N) is 2. The molecular weight excluding hydrogens is 232 g/mol. The van der Waals surface area contributed by atoms with Crippen molar-refractivity contribution in [1.82, 2.24) is 4.98 Å². The van der Waals surface area contributed by atoms with Crippen LogP contribution in [0, 0.1) is 11.3 Å². The lowest BCUT2D eigenvalue weighted by Gasteiger charge is -2.01. The van der Waals surface area contributed by atoms with Crippen molar-refractivity contribution in [3.8, 4) is 17.4 Å². The summed E-state index contributed by atoms with van der Waals surface area (Å²) in [4.78, 5) is 15.5. The first-order chi connectivity index (χ1) is 8.76. The summed E-state index contributed by atoms with van der Waals surface area (Å²) in [6.07, 6.45) is 1.19. The standard InChI is InChI=1S/C13H10N2O3/c1-2-17-13(16)11-12(18-8-15-11)10-5-3-9(7-14)4-6-10/h3-6,8H,2H2,1H3. The van der Waals surface area contributed by atoms with Crippen LogP contribution in [-0.2, 0) is 4.74 Å². The number of hydrogen-bond donors (Lipinski definition) is 0. The van der Waals surface area contributed by atoms with Crippen molar-refractivity contribution in [1.29, 1.82) is 5.26 Å². The van der Waals surface area contributed by atoms with Gasteiger partial charge in [0.1, 0.15) is 0 Å². The van der Waals surface area contributed by atoms with Crippen molar-refractivity contribution in [3.63, 3.8) is 0 Å². The van der Waals surface area contributed by atoms with Crippen LogP contribution in [-0.4, -0.2) is 17.6 Å². The highest BCUT2D eigenvalue weighted by Crippen LogP contribution is 2.23. The monoisotopic (exact) mass is 242 g/mol. The molecule has 5 heteroatoms. The van der Waals surface area contributed by atoms with Gasteiger partial charge in [-0.15, -0.1) is 0 Å². The minimum absolute atomic E-state index is 0.140. The quantitative estimate of drug-likeness (QED) is 0.772. The fraction of sp³-hybridized carbons (Fsp3) is 0.154. The molecule has 0 N–H and O–H groups in total. The molecule has 1 aromatic heterocycles. The van der Waals surface area contributed by atoms with E-state index in [-0.39, 0.29) is 12.3 Å². The smallest absolute Gasteiger partial charge is 0.360 e. The maximum Gasteiger partial charge on any atom is 0.360 e. The topological polar surface area (TPSA) is 76.1 Å². The highest BCUT2D eigenvalue weighted by atomic mass is 16.5. The number of benzene rings is 1. The van der Waals surface area contributed by atoms with Crippen LogP contribution < -0.4 is 0 Å². The highest BCUT2D eigenvalue weighted by molar-refractivity contribution is 5.93. The molecule has 0 spiro atoms. The van der Waals surface area contributed by atoms with Crippen LogP contribution >= 0.6 is 0 Å². The van der Waals surface area contributed by atoms with Gasteiger partial charge < -0.3 is 9.15 Å². The number of aromatic nitrogens is 1. The molecule has 0 fully saturated rings. The molecular formula is C13H10N2O3. The molecule has 2 aromatic rings. The van der Waals surface area contributed by atoms with E-state index in [0.717, 1.165) is 0 Å². The van der Waals surface area contributed by atoms with E-state index in [9.17, 15) is 4.79 Å². The van der Waals surface area contributed by atoms with Crippen LogP contribution in [0.3, 0.4) is 0 Å². The van der Waals surface area contributed by atoms with Crippen molar-refractivity contribution in [2.75, 3.05) is 6.61 Å². The Labute approximate surface area is 104 Å². The Morgan fingerprint density at radius 2 is 2.17 bits per heavy atom. The zero-order valence-corrected chi connectivity index (χ0v) is 9.71. The molecule has 2 rings (SSSR count). The van der Waals surface area contributed by atoms with Crippen LogP contribution in [0.2, 0.25) is 0 Å². The van der Waals surface area contributed by atoms with E-state index < -0.39 is 5.97 Å². The number of carbonyl (C=O) groups is 1. The average Bonchev–Trinajstić information content (AvgIpc) is 2.88. The van der Waals surface area contributed by atoms with Gasteiger partial charge in [-0.25, -0.2) is 9.78 Å². The van der Waals surface area contributed by atoms with Gasteiger partial charge in [0, 0.05) is 5.56 Å². The Kier molecular flexibility index (Phi) is 3.39. The van der Waals surface area contributed by atoms with E-state index in [0.29, 0.717) is 16.9 Å². The molecule has 0 aliphatic heterocycles. The minimum atomic E-state index is -0.523. The fourth-order valence-corrected chi connectivity index (χ4v) is 1.49. The van der Waals surface area contributed by atoms with E-state index in [4.69, 9.17) is 14.4 Å². The molecule has 0 radical (unpaired) electrons. The number of ether oxygens (including phenoxy) is 1. The molecule has 1 heterocycles. The number of hydrogen-bond acceptors (Lipinski definition) is 5. The molecule has 0 atom stereocenters. The van der Waals surface area contributed by atoms with Crippen LogP contribution in [0.25, 0.3) is 11.3 Å². The Hall–Kier alpha value is -2.61. The molecule has 1 aromatic carbocycles. The average molecular weight is 242 g/mol. The van der Waals surface area contributed by atoms with Crippen molar-refractivity contribution in [3.05, 3.63) is 41.9 Å². The van der Waals surface area contributed by atoms with Crippen molar-refractivity contribution < 1.29 is 13.9 Å². The van der Waals surface area contributed by atoms with Gasteiger partial charge in [-0.2, -0.15) is 5.26 Å². The summed E-state index contributed by atoms with van der Waals surface area (Å²) in [6, 6.07) is 8.70. The molecule has 18 heavy (non-hydrogen) atoms. The third-order valence-electron chi connectivity index (χ3n) is 2.31. The van der Waals surface area contributed by atoms with Gasteiger partial charge in [0.05, 0.1) is 18.2 Å². The lowest BCUT2D eigenvalue weighted by molar-refractivity contribution is 0.0520. The molecule has 0 bridgehead atoms. The van der Waals surface area contributed by atoms with Gasteiger partial charge >= 0.3 is 5.97 Å². The lowest BCUT2D eigenvalue weighted by atomic mass is 10.1. The van der Waals surface area contributed by atoms with Gasteiger partial charge in [0.25, 0.3) is 0 Å². The molecule has 0 unspecified atom stereocenters. The van der Waals surface area contributed by atoms with Crippen LogP contribution in [0.4, 0.5) is 0 Å². The van der Waals surface area contributed by atoms with Gasteiger partial charge in [-0.3, -0.25) is 0 Å².